The molecule has 44 heavy (non-hydrogen) atoms. The Morgan fingerprint density at radius 2 is 1.75 bits per heavy atom. The lowest BCUT2D eigenvalue weighted by Gasteiger charge is -2.28. The highest BCUT2D eigenvalue weighted by Crippen LogP contribution is 2.34. The van der Waals surface area contributed by atoms with Crippen LogP contribution in [0.3, 0.4) is 0 Å². The number of ether oxygens (including phenoxy) is 1. The lowest BCUT2D eigenvalue weighted by atomic mass is 9.89. The second-order valence-electron chi connectivity index (χ2n) is 11.3. The van der Waals surface area contributed by atoms with Crippen LogP contribution in [0.15, 0.2) is 77.2 Å². The van der Waals surface area contributed by atoms with E-state index >= 15 is 0 Å². The maximum atomic E-state index is 13.2. The number of para-hydroxylation sites is 1. The normalized spacial score (nSPS) is 18.8. The first-order valence-corrected chi connectivity index (χ1v) is 14.7. The molecule has 0 radical (unpaired) electrons. The zero-order valence-electron chi connectivity index (χ0n) is 24.5. The number of morpholine rings is 1. The van der Waals surface area contributed by atoms with E-state index in [2.05, 4.69) is 10.3 Å². The summed E-state index contributed by atoms with van der Waals surface area (Å²) in [7, 11) is 1.72. The maximum Gasteiger partial charge on any atom is 0.308 e. The van der Waals surface area contributed by atoms with Gasteiger partial charge in [-0.15, -0.1) is 0 Å². The highest BCUT2D eigenvalue weighted by molar-refractivity contribution is 5.94. The van der Waals surface area contributed by atoms with E-state index in [1.807, 2.05) is 77.7 Å². The minimum Gasteiger partial charge on any atom is -0.481 e. The van der Waals surface area contributed by atoms with Crippen LogP contribution in [-0.4, -0.2) is 90.7 Å². The fourth-order valence-electron chi connectivity index (χ4n) is 5.81. The molecule has 2 fully saturated rings. The number of oxazole rings is 1. The predicted octanol–water partition coefficient (Wildman–Crippen LogP) is 3.74. The quantitative estimate of drug-likeness (QED) is 0.297. The lowest BCUT2D eigenvalue weighted by molar-refractivity contribution is -0.142. The van der Waals surface area contributed by atoms with Gasteiger partial charge in [0.1, 0.15) is 5.52 Å². The van der Waals surface area contributed by atoms with Gasteiger partial charge in [0.2, 0.25) is 11.8 Å². The molecule has 2 N–H and O–H groups in total. The second kappa shape index (κ2) is 12.9. The van der Waals surface area contributed by atoms with Gasteiger partial charge >= 0.3 is 5.97 Å². The van der Waals surface area contributed by atoms with Gasteiger partial charge in [-0.25, -0.2) is 0 Å². The fourth-order valence-corrected chi connectivity index (χ4v) is 5.81. The van der Waals surface area contributed by atoms with Crippen molar-refractivity contribution in [2.24, 2.45) is 5.92 Å². The number of aromatic nitrogens is 1. The molecule has 2 aliphatic heterocycles. The molecule has 3 heterocycles. The number of anilines is 3. The first kappa shape index (κ1) is 29.3. The summed E-state index contributed by atoms with van der Waals surface area (Å²) in [5, 5.41) is 13.1. The number of nitrogens with zero attached hydrogens (tertiary/aromatic N) is 4. The minimum atomic E-state index is -0.917. The highest BCUT2D eigenvalue weighted by atomic mass is 16.5. The molecule has 0 bridgehead atoms. The molecule has 228 valence electrons. The Morgan fingerprint density at radius 3 is 2.48 bits per heavy atom. The molecule has 2 atom stereocenters. The number of likely N-dealkylation sites (tertiary alicyclic amines) is 1. The maximum absolute atomic E-state index is 13.2. The summed E-state index contributed by atoms with van der Waals surface area (Å²) in [6, 6.07) is 22.9. The van der Waals surface area contributed by atoms with E-state index in [1.165, 1.54) is 0 Å². The molecular formula is C33H35N5O6. The van der Waals surface area contributed by atoms with E-state index in [1.54, 1.807) is 16.8 Å². The third kappa shape index (κ3) is 6.58. The third-order valence-electron chi connectivity index (χ3n) is 8.37. The molecule has 6 rings (SSSR count). The number of carboxylic acid groups (broad SMARTS) is 1. The van der Waals surface area contributed by atoms with Crippen molar-refractivity contribution in [2.75, 3.05) is 63.2 Å². The summed E-state index contributed by atoms with van der Waals surface area (Å²) in [4.78, 5) is 48.0. The number of carbonyl (C=O) groups excluding carboxylic acids is 2. The molecule has 0 aliphatic carbocycles. The van der Waals surface area contributed by atoms with Crippen LogP contribution in [0.1, 0.15) is 17.0 Å². The Bertz CT molecular complexity index is 1630. The standard InChI is InChI=1S/C33H35N5O6/c1-36(30(39)18-22-7-12-28-29(17-22)44-33(35-28)34-24-5-3-2-4-6-24)25-10-8-23(9-11-25)26-19-38(20-27(26)32(41)42)31(40)21-37-13-15-43-16-14-37/h2-12,17,26-27H,13-16,18-21H2,1H3,(H,34,35)(H,41,42). The van der Waals surface area contributed by atoms with Gasteiger partial charge in [-0.05, 0) is 47.5 Å². The van der Waals surface area contributed by atoms with E-state index < -0.39 is 11.9 Å². The molecule has 0 spiro atoms. The molecule has 11 heteroatoms. The highest BCUT2D eigenvalue weighted by Gasteiger charge is 2.40. The van der Waals surface area contributed by atoms with Crippen LogP contribution in [0.25, 0.3) is 11.1 Å². The number of carbonyl (C=O) groups is 3. The molecule has 2 amide bonds. The molecule has 11 nitrogen and oxygen atoms in total. The van der Waals surface area contributed by atoms with Crippen LogP contribution in [0.5, 0.6) is 0 Å². The van der Waals surface area contributed by atoms with Gasteiger partial charge in [-0.1, -0.05) is 36.4 Å². The van der Waals surface area contributed by atoms with Gasteiger partial charge in [0.05, 0.1) is 32.1 Å². The predicted molar refractivity (Wildman–Crippen MR) is 165 cm³/mol. The van der Waals surface area contributed by atoms with Crippen molar-refractivity contribution < 1.29 is 28.6 Å². The molecule has 2 aliphatic rings. The van der Waals surface area contributed by atoms with E-state index in [0.717, 1.165) is 16.8 Å². The number of nitrogens with one attached hydrogen (secondary N) is 1. The lowest BCUT2D eigenvalue weighted by Crippen LogP contribution is -2.44. The summed E-state index contributed by atoms with van der Waals surface area (Å²) in [6.45, 7) is 3.39. The van der Waals surface area contributed by atoms with Gasteiger partial charge in [0.25, 0.3) is 6.01 Å². The first-order chi connectivity index (χ1) is 21.3. The Labute approximate surface area is 255 Å². The van der Waals surface area contributed by atoms with Crippen LogP contribution in [-0.2, 0) is 25.5 Å². The molecule has 2 saturated heterocycles. The van der Waals surface area contributed by atoms with Gasteiger partial charge in [-0.3, -0.25) is 19.3 Å². The van der Waals surface area contributed by atoms with Gasteiger partial charge in [0.15, 0.2) is 5.58 Å². The van der Waals surface area contributed by atoms with Gasteiger partial charge in [0, 0.05) is 50.5 Å². The molecule has 1 aromatic heterocycles. The summed E-state index contributed by atoms with van der Waals surface area (Å²) >= 11 is 0. The average Bonchev–Trinajstić information content (AvgIpc) is 3.66. The summed E-state index contributed by atoms with van der Waals surface area (Å²) in [5.41, 5.74) is 4.46. The van der Waals surface area contributed by atoms with E-state index in [9.17, 15) is 19.5 Å². The van der Waals surface area contributed by atoms with Crippen LogP contribution in [0.4, 0.5) is 17.4 Å². The van der Waals surface area contributed by atoms with Crippen molar-refractivity contribution >= 4 is 46.3 Å². The summed E-state index contributed by atoms with van der Waals surface area (Å²) < 4.78 is 11.2. The molecule has 0 saturated carbocycles. The number of rotatable bonds is 9. The van der Waals surface area contributed by atoms with Crippen molar-refractivity contribution in [1.82, 2.24) is 14.8 Å². The number of amides is 2. The van der Waals surface area contributed by atoms with Crippen LogP contribution >= 0.6 is 0 Å². The molecular weight excluding hydrogens is 562 g/mol. The number of fused-ring (bicyclic) bond motifs is 1. The van der Waals surface area contributed by atoms with Crippen molar-refractivity contribution in [3.05, 3.63) is 83.9 Å². The number of benzene rings is 3. The zero-order valence-corrected chi connectivity index (χ0v) is 24.5. The third-order valence-corrected chi connectivity index (χ3v) is 8.37. The van der Waals surface area contributed by atoms with Crippen LogP contribution in [0, 0.1) is 5.92 Å². The Hall–Kier alpha value is -4.74. The molecule has 4 aromatic rings. The topological polar surface area (TPSA) is 128 Å². The van der Waals surface area contributed by atoms with E-state index in [4.69, 9.17) is 9.15 Å². The summed E-state index contributed by atoms with van der Waals surface area (Å²) in [5.74, 6) is -2.10. The van der Waals surface area contributed by atoms with Gasteiger partial charge in [-0.2, -0.15) is 4.98 Å². The Kier molecular flexibility index (Phi) is 8.58. The van der Waals surface area contributed by atoms with E-state index in [0.29, 0.717) is 55.6 Å². The molecule has 3 aromatic carbocycles. The fraction of sp³-hybridized carbons (Fsp3) is 0.333. The average molecular weight is 598 g/mol. The smallest absolute Gasteiger partial charge is 0.308 e. The first-order valence-electron chi connectivity index (χ1n) is 14.7. The minimum absolute atomic E-state index is 0.0604. The van der Waals surface area contributed by atoms with Crippen molar-refractivity contribution in [3.63, 3.8) is 0 Å². The SMILES string of the molecule is CN(C(=O)Cc1ccc2nc(Nc3ccccc3)oc2c1)c1ccc(C2CN(C(=O)CN3CCOCC3)CC2C(=O)O)cc1. The zero-order chi connectivity index (χ0) is 30.6. The Morgan fingerprint density at radius 1 is 1.00 bits per heavy atom. The van der Waals surface area contributed by atoms with Crippen molar-refractivity contribution in [2.45, 2.75) is 12.3 Å². The number of likely N-dealkylation sites (N-methyl/N-ethyl adjacent to an activating group) is 1. The summed E-state index contributed by atoms with van der Waals surface area (Å²) in [6.07, 6.45) is 0.167. The van der Waals surface area contributed by atoms with Crippen LogP contribution in [0.2, 0.25) is 0 Å². The van der Waals surface area contributed by atoms with Crippen LogP contribution < -0.4 is 10.2 Å². The molecule has 2 unspecified atom stereocenters. The monoisotopic (exact) mass is 597 g/mol. The van der Waals surface area contributed by atoms with Crippen molar-refractivity contribution in [3.8, 4) is 0 Å². The number of aliphatic carboxylic acids is 1. The largest absolute Gasteiger partial charge is 0.481 e. The Balaban J connectivity index is 1.08. The second-order valence-corrected chi connectivity index (χ2v) is 11.3. The van der Waals surface area contributed by atoms with E-state index in [-0.39, 0.29) is 37.2 Å². The number of carboxylic acids is 1. The van der Waals surface area contributed by atoms with Gasteiger partial charge < -0.3 is 29.4 Å². The number of hydrogen-bond donors (Lipinski definition) is 2. The number of hydrogen-bond acceptors (Lipinski definition) is 8. The van der Waals surface area contributed by atoms with Crippen molar-refractivity contribution in [1.29, 1.82) is 0 Å².